The molecule has 0 saturated carbocycles. The Morgan fingerprint density at radius 1 is 1.43 bits per heavy atom. The second kappa shape index (κ2) is 3.81. The Labute approximate surface area is 49.6 Å². The lowest BCUT2D eigenvalue weighted by Gasteiger charge is -1.99. The van der Waals surface area contributed by atoms with Crippen molar-refractivity contribution >= 4 is 17.6 Å². The van der Waals surface area contributed by atoms with Crippen LogP contribution < -0.4 is 0 Å². The Bertz CT molecular complexity index is 76.1. The summed E-state index contributed by atoms with van der Waals surface area (Å²) < 4.78 is 0. The van der Waals surface area contributed by atoms with Crippen molar-refractivity contribution in [3.63, 3.8) is 0 Å². The second-order valence-electron chi connectivity index (χ2n) is 1.44. The molecule has 0 rings (SSSR count). The summed E-state index contributed by atoms with van der Waals surface area (Å²) in [6, 6.07) is 0. The highest BCUT2D eigenvalue weighted by atomic mass is 32.1. The van der Waals surface area contributed by atoms with Crippen LogP contribution in [0.15, 0.2) is 12.3 Å². The highest BCUT2D eigenvalue weighted by molar-refractivity contribution is 7.79. The maximum atomic E-state index is 4.53. The van der Waals surface area contributed by atoms with Crippen LogP contribution in [-0.2, 0) is 0 Å². The smallest absolute Gasteiger partial charge is 0.00556 e. The first-order valence-electron chi connectivity index (χ1n) is 2.05. The molecule has 0 saturated heterocycles. The van der Waals surface area contributed by atoms with Crippen molar-refractivity contribution in [3.05, 3.63) is 12.3 Å². The first kappa shape index (κ1) is 6.63. The molecule has 0 fully saturated rings. The van der Waals surface area contributed by atoms with Crippen LogP contribution in [0.4, 0.5) is 0 Å². The number of nitrogens with zero attached hydrogens (tertiary/aromatic N) is 1. The zero-order valence-corrected chi connectivity index (χ0v) is 5.40. The fourth-order valence-corrected chi connectivity index (χ4v) is 0.278. The van der Waals surface area contributed by atoms with Crippen LogP contribution in [0.1, 0.15) is 0 Å². The van der Waals surface area contributed by atoms with Gasteiger partial charge in [0.25, 0.3) is 0 Å². The third-order valence-corrected chi connectivity index (χ3v) is 0.620. The van der Waals surface area contributed by atoms with E-state index in [1.165, 1.54) is 0 Å². The van der Waals surface area contributed by atoms with Gasteiger partial charge in [-0.25, -0.2) is 0 Å². The van der Waals surface area contributed by atoms with Gasteiger partial charge in [0.1, 0.15) is 0 Å². The highest BCUT2D eigenvalue weighted by Crippen LogP contribution is 1.72. The lowest BCUT2D eigenvalue weighted by molar-refractivity contribution is 0.565. The maximum absolute atomic E-state index is 4.53. The van der Waals surface area contributed by atoms with Crippen LogP contribution in [0.2, 0.25) is 0 Å². The Kier molecular flexibility index (Phi) is 3.61. The van der Waals surface area contributed by atoms with E-state index in [2.05, 4.69) is 12.2 Å². The van der Waals surface area contributed by atoms with Crippen molar-refractivity contribution in [3.8, 4) is 0 Å². The molecule has 0 heterocycles. The molecule has 0 unspecified atom stereocenters. The Hall–Kier alpha value is -0.370. The van der Waals surface area contributed by atoms with E-state index in [0.717, 1.165) is 0 Å². The lowest BCUT2D eigenvalue weighted by Crippen LogP contribution is -1.99. The average Bonchev–Trinajstić information content (AvgIpc) is 1.61. The third kappa shape index (κ3) is 5.63. The van der Waals surface area contributed by atoms with Crippen molar-refractivity contribution < 1.29 is 0 Å². The first-order valence-corrected chi connectivity index (χ1v) is 2.53. The van der Waals surface area contributed by atoms with E-state index in [1.807, 2.05) is 31.3 Å². The predicted molar refractivity (Wildman–Crippen MR) is 36.5 cm³/mol. The fraction of sp³-hybridized carbons (Fsp3) is 0.400. The molecule has 0 aliphatic rings. The van der Waals surface area contributed by atoms with E-state index < -0.39 is 0 Å². The number of hydrogen-bond acceptors (Lipinski definition) is 2. The Morgan fingerprint density at radius 3 is 2.14 bits per heavy atom. The standard InChI is InChI=1S/C5H9NS/c1-6(2)4-3-5-7/h3-5H,1-2H3/b4-3+. The van der Waals surface area contributed by atoms with E-state index in [4.69, 9.17) is 0 Å². The predicted octanol–water partition coefficient (Wildman–Crippen LogP) is 1.06. The molecule has 0 atom stereocenters. The largest absolute Gasteiger partial charge is 0.383 e. The van der Waals surface area contributed by atoms with Crippen molar-refractivity contribution in [1.29, 1.82) is 0 Å². The molecule has 7 heavy (non-hydrogen) atoms. The fourth-order valence-electron chi connectivity index (χ4n) is 0.207. The Balaban J connectivity index is 3.25. The lowest BCUT2D eigenvalue weighted by atomic mass is 10.7. The van der Waals surface area contributed by atoms with Gasteiger partial charge >= 0.3 is 0 Å². The van der Waals surface area contributed by atoms with Gasteiger partial charge in [-0.3, -0.25) is 0 Å². The summed E-state index contributed by atoms with van der Waals surface area (Å²) in [7, 11) is 3.91. The summed E-state index contributed by atoms with van der Waals surface area (Å²) in [5.41, 5.74) is 0. The van der Waals surface area contributed by atoms with Gasteiger partial charge in [0.05, 0.1) is 0 Å². The average molecular weight is 115 g/mol. The highest BCUT2D eigenvalue weighted by Gasteiger charge is 1.68. The van der Waals surface area contributed by atoms with Crippen molar-refractivity contribution in [2.75, 3.05) is 14.1 Å². The van der Waals surface area contributed by atoms with Gasteiger partial charge in [0.15, 0.2) is 0 Å². The number of hydrogen-bond donors (Lipinski definition) is 0. The van der Waals surface area contributed by atoms with Crippen LogP contribution >= 0.6 is 12.2 Å². The van der Waals surface area contributed by atoms with E-state index in [9.17, 15) is 0 Å². The zero-order chi connectivity index (χ0) is 5.70. The van der Waals surface area contributed by atoms with E-state index in [-0.39, 0.29) is 0 Å². The van der Waals surface area contributed by atoms with E-state index in [0.29, 0.717) is 0 Å². The van der Waals surface area contributed by atoms with Gasteiger partial charge in [-0.05, 0) is 12.3 Å². The topological polar surface area (TPSA) is 3.24 Å². The molecule has 0 amide bonds. The molecular formula is C5H9NS. The van der Waals surface area contributed by atoms with Crippen LogP contribution in [0.3, 0.4) is 0 Å². The van der Waals surface area contributed by atoms with E-state index >= 15 is 0 Å². The van der Waals surface area contributed by atoms with Gasteiger partial charge in [0, 0.05) is 19.5 Å². The summed E-state index contributed by atoms with van der Waals surface area (Å²) in [6.07, 6.45) is 3.71. The number of thiocarbonyl (C=S) groups is 1. The molecule has 0 radical (unpaired) electrons. The molecule has 0 bridgehead atoms. The minimum Gasteiger partial charge on any atom is -0.383 e. The summed E-state index contributed by atoms with van der Waals surface area (Å²) in [6.45, 7) is 0. The minimum absolute atomic E-state index is 1.58. The molecule has 0 aromatic carbocycles. The first-order chi connectivity index (χ1) is 3.27. The number of allylic oxidation sites excluding steroid dienone is 1. The SMILES string of the molecule is CN(C)/C=C/C=S. The second-order valence-corrected chi connectivity index (χ2v) is 1.71. The van der Waals surface area contributed by atoms with Crippen molar-refractivity contribution in [2.45, 2.75) is 0 Å². The molecular weight excluding hydrogens is 106 g/mol. The normalized spacial score (nSPS) is 9.43. The quantitative estimate of drug-likeness (QED) is 0.391. The zero-order valence-electron chi connectivity index (χ0n) is 4.59. The van der Waals surface area contributed by atoms with Crippen LogP contribution in [0, 0.1) is 0 Å². The molecule has 0 spiro atoms. The van der Waals surface area contributed by atoms with Gasteiger partial charge in [-0.15, -0.1) is 0 Å². The molecule has 0 N–H and O–H groups in total. The van der Waals surface area contributed by atoms with Crippen molar-refractivity contribution in [2.24, 2.45) is 0 Å². The van der Waals surface area contributed by atoms with Crippen LogP contribution in [0.25, 0.3) is 0 Å². The molecule has 0 aliphatic heterocycles. The monoisotopic (exact) mass is 115 g/mol. The molecule has 0 aliphatic carbocycles. The Morgan fingerprint density at radius 2 is 2.00 bits per heavy atom. The van der Waals surface area contributed by atoms with Crippen LogP contribution in [0.5, 0.6) is 0 Å². The maximum Gasteiger partial charge on any atom is 0.00556 e. The minimum atomic E-state index is 1.58. The molecule has 0 aromatic heterocycles. The summed E-state index contributed by atoms with van der Waals surface area (Å²) in [5, 5.41) is 1.58. The number of rotatable bonds is 2. The van der Waals surface area contributed by atoms with Gasteiger partial charge in [0.2, 0.25) is 0 Å². The summed E-state index contributed by atoms with van der Waals surface area (Å²) in [4.78, 5) is 1.93. The van der Waals surface area contributed by atoms with Gasteiger partial charge in [-0.1, -0.05) is 12.2 Å². The molecule has 40 valence electrons. The van der Waals surface area contributed by atoms with Crippen LogP contribution in [-0.4, -0.2) is 24.4 Å². The van der Waals surface area contributed by atoms with Gasteiger partial charge < -0.3 is 4.90 Å². The molecule has 1 nitrogen and oxygen atoms in total. The molecule has 0 aromatic rings. The third-order valence-electron chi connectivity index (χ3n) is 0.463. The molecule has 2 heteroatoms. The summed E-state index contributed by atoms with van der Waals surface area (Å²) >= 11 is 4.53. The van der Waals surface area contributed by atoms with E-state index in [1.54, 1.807) is 5.37 Å². The van der Waals surface area contributed by atoms with Crippen molar-refractivity contribution in [1.82, 2.24) is 4.90 Å². The van der Waals surface area contributed by atoms with Gasteiger partial charge in [-0.2, -0.15) is 0 Å². The summed E-state index contributed by atoms with van der Waals surface area (Å²) in [5.74, 6) is 0.